The molecule has 0 saturated carbocycles. The number of aromatic nitrogens is 2. The molecule has 4 N–H and O–H groups in total. The molecule has 0 aliphatic carbocycles. The van der Waals surface area contributed by atoms with Crippen molar-refractivity contribution < 1.29 is 4.39 Å². The Morgan fingerprint density at radius 2 is 1.58 bits per heavy atom. The highest BCUT2D eigenvalue weighted by atomic mass is 19.1. The van der Waals surface area contributed by atoms with Gasteiger partial charge < -0.3 is 5.73 Å². The van der Waals surface area contributed by atoms with E-state index in [0.29, 0.717) is 35.1 Å². The molecule has 6 nitrogen and oxygen atoms in total. The summed E-state index contributed by atoms with van der Waals surface area (Å²) in [5, 5.41) is 3.43. The number of halogens is 1. The second kappa shape index (κ2) is 7.79. The van der Waals surface area contributed by atoms with Crippen LogP contribution < -0.4 is 16.6 Å². The lowest BCUT2D eigenvalue weighted by atomic mass is 10.0. The zero-order valence-corrected chi connectivity index (χ0v) is 16.7. The van der Waals surface area contributed by atoms with Crippen LogP contribution in [0.5, 0.6) is 0 Å². The van der Waals surface area contributed by atoms with E-state index in [9.17, 15) is 4.39 Å². The largest absolute Gasteiger partial charge is 0.383 e. The normalized spacial score (nSPS) is 15.8. The van der Waals surface area contributed by atoms with Crippen molar-refractivity contribution in [3.05, 3.63) is 107 Å². The second-order valence-electron chi connectivity index (χ2n) is 7.42. The average molecular weight is 412 g/mol. The molecule has 2 heterocycles. The molecule has 0 radical (unpaired) electrons. The van der Waals surface area contributed by atoms with E-state index in [1.54, 1.807) is 11.2 Å². The fourth-order valence-electron chi connectivity index (χ4n) is 3.94. The van der Waals surface area contributed by atoms with Crippen molar-refractivity contribution in [1.82, 2.24) is 15.1 Å². The first-order valence-electron chi connectivity index (χ1n) is 9.95. The first kappa shape index (κ1) is 19.2. The highest BCUT2D eigenvalue weighted by molar-refractivity contribution is 5.69. The van der Waals surface area contributed by atoms with Crippen molar-refractivity contribution in [3.63, 3.8) is 0 Å². The summed E-state index contributed by atoms with van der Waals surface area (Å²) in [5.74, 6) is 7.69. The minimum atomic E-state index is -0.501. The molecule has 0 fully saturated rings. The summed E-state index contributed by atoms with van der Waals surface area (Å²) in [6.07, 6.45) is 0. The minimum absolute atomic E-state index is 0.323. The number of benzene rings is 3. The predicted octanol–water partition coefficient (Wildman–Crippen LogP) is 4.07. The van der Waals surface area contributed by atoms with Gasteiger partial charge in [0, 0.05) is 5.56 Å². The van der Waals surface area contributed by atoms with Crippen LogP contribution in [-0.2, 0) is 6.54 Å². The molecule has 31 heavy (non-hydrogen) atoms. The van der Waals surface area contributed by atoms with Gasteiger partial charge in [-0.05, 0) is 23.3 Å². The first-order valence-corrected chi connectivity index (χ1v) is 9.95. The molecule has 1 aliphatic rings. The molecule has 0 spiro atoms. The lowest BCUT2D eigenvalue weighted by Gasteiger charge is -2.29. The van der Waals surface area contributed by atoms with E-state index in [2.05, 4.69) is 4.98 Å². The van der Waals surface area contributed by atoms with Crippen LogP contribution in [0.4, 0.5) is 16.0 Å². The maximum absolute atomic E-state index is 14.0. The molecule has 5 rings (SSSR count). The average Bonchev–Trinajstić information content (AvgIpc) is 3.07. The van der Waals surface area contributed by atoms with E-state index in [4.69, 9.17) is 16.6 Å². The van der Waals surface area contributed by atoms with Gasteiger partial charge in [-0.1, -0.05) is 72.8 Å². The van der Waals surface area contributed by atoms with E-state index in [1.807, 2.05) is 71.7 Å². The minimum Gasteiger partial charge on any atom is -0.383 e. The van der Waals surface area contributed by atoms with E-state index in [1.165, 1.54) is 12.1 Å². The van der Waals surface area contributed by atoms with E-state index >= 15 is 0 Å². The van der Waals surface area contributed by atoms with Crippen molar-refractivity contribution in [2.45, 2.75) is 12.6 Å². The van der Waals surface area contributed by atoms with Gasteiger partial charge in [-0.2, -0.15) is 0 Å². The van der Waals surface area contributed by atoms with Gasteiger partial charge in [0.25, 0.3) is 0 Å². The molecule has 1 unspecified atom stereocenters. The standard InChI is InChI=1S/C24H21FN6/c25-19-13-7-12-18(14-19)21-20-22(26)28-23(17-10-5-2-6-11-17)29-24(20)30(31(21)27)15-16-8-3-1-4-9-16/h1-14,21H,15,27H2,(H2,26,28,29). The van der Waals surface area contributed by atoms with Gasteiger partial charge in [-0.15, -0.1) is 5.12 Å². The van der Waals surface area contributed by atoms with E-state index in [-0.39, 0.29) is 5.82 Å². The molecule has 0 amide bonds. The number of hydrogen-bond acceptors (Lipinski definition) is 6. The maximum atomic E-state index is 14.0. The summed E-state index contributed by atoms with van der Waals surface area (Å²) >= 11 is 0. The van der Waals surface area contributed by atoms with Gasteiger partial charge >= 0.3 is 0 Å². The Morgan fingerprint density at radius 1 is 0.871 bits per heavy atom. The second-order valence-corrected chi connectivity index (χ2v) is 7.42. The van der Waals surface area contributed by atoms with Crippen LogP contribution >= 0.6 is 0 Å². The third-order valence-electron chi connectivity index (χ3n) is 5.39. The SMILES string of the molecule is Nc1nc(-c2ccccc2)nc2c1C(c1cccc(F)c1)N(N)N2Cc1ccccc1. The number of nitrogen functional groups attached to an aromatic ring is 1. The lowest BCUT2D eigenvalue weighted by Crippen LogP contribution is -2.45. The highest BCUT2D eigenvalue weighted by Gasteiger charge is 2.40. The summed E-state index contributed by atoms with van der Waals surface area (Å²) in [7, 11) is 0. The van der Waals surface area contributed by atoms with Gasteiger partial charge in [0.1, 0.15) is 17.7 Å². The summed E-state index contributed by atoms with van der Waals surface area (Å²) in [6.45, 7) is 0.487. The van der Waals surface area contributed by atoms with Gasteiger partial charge in [-0.25, -0.2) is 20.2 Å². The number of fused-ring (bicyclic) bond motifs is 1. The van der Waals surface area contributed by atoms with Crippen LogP contribution in [0.2, 0.25) is 0 Å². The Bertz CT molecular complexity index is 1220. The Hall–Kier alpha value is -3.81. The topological polar surface area (TPSA) is 84.3 Å². The van der Waals surface area contributed by atoms with Gasteiger partial charge in [-0.3, -0.25) is 5.01 Å². The molecule has 7 heteroatoms. The molecule has 3 aromatic carbocycles. The van der Waals surface area contributed by atoms with Crippen molar-refractivity contribution >= 4 is 11.6 Å². The van der Waals surface area contributed by atoms with Crippen LogP contribution in [0, 0.1) is 5.82 Å². The van der Waals surface area contributed by atoms with Crippen LogP contribution in [0.15, 0.2) is 84.9 Å². The molecule has 4 aromatic rings. The molecular formula is C24H21FN6. The number of hydrazine groups is 2. The van der Waals surface area contributed by atoms with Crippen LogP contribution in [0.25, 0.3) is 11.4 Å². The van der Waals surface area contributed by atoms with Crippen molar-refractivity contribution in [2.75, 3.05) is 10.7 Å². The Balaban J connectivity index is 1.67. The third-order valence-corrected chi connectivity index (χ3v) is 5.39. The summed E-state index contributed by atoms with van der Waals surface area (Å²) in [4.78, 5) is 9.38. The zero-order valence-electron chi connectivity index (χ0n) is 16.7. The number of anilines is 2. The Kier molecular flexibility index (Phi) is 4.82. The van der Waals surface area contributed by atoms with Gasteiger partial charge in [0.15, 0.2) is 11.6 Å². The van der Waals surface area contributed by atoms with Crippen molar-refractivity contribution in [2.24, 2.45) is 5.84 Å². The van der Waals surface area contributed by atoms with Gasteiger partial charge in [0.05, 0.1) is 12.1 Å². The summed E-state index contributed by atoms with van der Waals surface area (Å²) in [5.41, 5.74) is 9.71. The quantitative estimate of drug-likeness (QED) is 0.492. The van der Waals surface area contributed by atoms with Crippen LogP contribution in [0.3, 0.4) is 0 Å². The Morgan fingerprint density at radius 3 is 2.29 bits per heavy atom. The number of nitrogens with zero attached hydrogens (tertiary/aromatic N) is 4. The van der Waals surface area contributed by atoms with Crippen LogP contribution in [0.1, 0.15) is 22.7 Å². The van der Waals surface area contributed by atoms with Crippen molar-refractivity contribution in [3.8, 4) is 11.4 Å². The fraction of sp³-hybridized carbons (Fsp3) is 0.0833. The van der Waals surface area contributed by atoms with Crippen molar-refractivity contribution in [1.29, 1.82) is 0 Å². The molecule has 0 saturated heterocycles. The van der Waals surface area contributed by atoms with Gasteiger partial charge in [0.2, 0.25) is 0 Å². The zero-order chi connectivity index (χ0) is 21.4. The molecule has 1 atom stereocenters. The molecule has 0 bridgehead atoms. The molecule has 1 aromatic heterocycles. The number of nitrogens with two attached hydrogens (primary N) is 2. The molecular weight excluding hydrogens is 391 g/mol. The fourth-order valence-corrected chi connectivity index (χ4v) is 3.94. The third kappa shape index (κ3) is 3.50. The lowest BCUT2D eigenvalue weighted by molar-refractivity contribution is 0.228. The smallest absolute Gasteiger partial charge is 0.163 e. The number of hydrogen-bond donors (Lipinski definition) is 2. The highest BCUT2D eigenvalue weighted by Crippen LogP contribution is 2.44. The maximum Gasteiger partial charge on any atom is 0.163 e. The Labute approximate surface area is 179 Å². The first-order chi connectivity index (χ1) is 15.1. The number of rotatable bonds is 4. The molecule has 1 aliphatic heterocycles. The monoisotopic (exact) mass is 412 g/mol. The van der Waals surface area contributed by atoms with Crippen LogP contribution in [-0.4, -0.2) is 15.1 Å². The summed E-state index contributed by atoms with van der Waals surface area (Å²) in [6, 6.07) is 25.5. The summed E-state index contributed by atoms with van der Waals surface area (Å²) < 4.78 is 14.0. The van der Waals surface area contributed by atoms with E-state index in [0.717, 1.165) is 11.1 Å². The van der Waals surface area contributed by atoms with E-state index < -0.39 is 6.04 Å². The predicted molar refractivity (Wildman–Crippen MR) is 119 cm³/mol. The molecule has 154 valence electrons.